The fourth-order valence-electron chi connectivity index (χ4n) is 4.33. The molecule has 2 heterocycles. The predicted octanol–water partition coefficient (Wildman–Crippen LogP) is 4.74. The van der Waals surface area contributed by atoms with Crippen molar-refractivity contribution in [2.45, 2.75) is 44.6 Å². The van der Waals surface area contributed by atoms with Crippen LogP contribution in [0.15, 0.2) is 42.5 Å². The Kier molecular flexibility index (Phi) is 3.86. The minimum absolute atomic E-state index is 0.544. The summed E-state index contributed by atoms with van der Waals surface area (Å²) in [5, 5.41) is 7.35. The molecule has 0 unspecified atom stereocenters. The van der Waals surface area contributed by atoms with Crippen LogP contribution in [-0.4, -0.2) is 19.1 Å². The Labute approximate surface area is 139 Å². The average Bonchev–Trinajstić information content (AvgIpc) is 2.76. The molecule has 2 aliphatic heterocycles. The van der Waals surface area contributed by atoms with Crippen LogP contribution in [0.4, 0.5) is 5.69 Å². The fourth-order valence-corrected chi connectivity index (χ4v) is 4.33. The van der Waals surface area contributed by atoms with Gasteiger partial charge in [-0.3, -0.25) is 0 Å². The fraction of sp³-hybridized carbons (Fsp3) is 0.429. The molecule has 120 valence electrons. The van der Waals surface area contributed by atoms with Gasteiger partial charge in [0.05, 0.1) is 0 Å². The largest absolute Gasteiger partial charge is 0.381 e. The Morgan fingerprint density at radius 1 is 0.913 bits per heavy atom. The summed E-state index contributed by atoms with van der Waals surface area (Å²) >= 11 is 0. The van der Waals surface area contributed by atoms with Crippen LogP contribution in [0.5, 0.6) is 0 Å². The quantitative estimate of drug-likeness (QED) is 0.837. The molecule has 2 heteroatoms. The summed E-state index contributed by atoms with van der Waals surface area (Å²) in [4.78, 5) is 0. The van der Waals surface area contributed by atoms with Gasteiger partial charge in [0.1, 0.15) is 0 Å². The van der Waals surface area contributed by atoms with E-state index in [0.717, 1.165) is 13.1 Å². The number of nitrogens with one attached hydrogen (secondary N) is 2. The summed E-state index contributed by atoms with van der Waals surface area (Å²) in [6.07, 6.45) is 2.44. The van der Waals surface area contributed by atoms with Crippen molar-refractivity contribution in [2.75, 3.05) is 18.4 Å². The zero-order valence-electron chi connectivity index (χ0n) is 14.1. The normalized spacial score (nSPS) is 23.1. The van der Waals surface area contributed by atoms with E-state index in [1.807, 2.05) is 0 Å². The van der Waals surface area contributed by atoms with E-state index < -0.39 is 0 Å². The molecule has 0 saturated carbocycles. The first kappa shape index (κ1) is 14.8. The molecule has 23 heavy (non-hydrogen) atoms. The zero-order valence-corrected chi connectivity index (χ0v) is 14.1. The summed E-state index contributed by atoms with van der Waals surface area (Å²) in [5.41, 5.74) is 7.22. The van der Waals surface area contributed by atoms with Crippen LogP contribution in [0.25, 0.3) is 11.1 Å². The molecule has 2 atom stereocenters. The van der Waals surface area contributed by atoms with Crippen molar-refractivity contribution >= 4 is 5.69 Å². The minimum atomic E-state index is 0.544. The van der Waals surface area contributed by atoms with Crippen molar-refractivity contribution < 1.29 is 0 Å². The Morgan fingerprint density at radius 2 is 1.70 bits per heavy atom. The monoisotopic (exact) mass is 306 g/mol. The summed E-state index contributed by atoms with van der Waals surface area (Å²) in [6.45, 7) is 6.83. The van der Waals surface area contributed by atoms with Crippen LogP contribution in [0, 0.1) is 0 Å². The summed E-state index contributed by atoms with van der Waals surface area (Å²) in [6, 6.07) is 16.3. The first-order chi connectivity index (χ1) is 11.3. The second kappa shape index (κ2) is 6.01. The number of benzene rings is 2. The SMILES string of the molecule is CC(C)c1ccccc1-c1cccc2c1[C@@H]1CCNCC[C@@H]1N2. The third-order valence-electron chi connectivity index (χ3n) is 5.44. The van der Waals surface area contributed by atoms with E-state index in [2.05, 4.69) is 66.9 Å². The maximum atomic E-state index is 3.80. The van der Waals surface area contributed by atoms with Crippen molar-refractivity contribution in [3.05, 3.63) is 53.6 Å². The standard InChI is InChI=1S/C21H26N2/c1-14(2)15-6-3-4-7-16(15)17-8-5-9-20-21(17)18-10-12-22-13-11-19(18)23-20/h3-9,14,18-19,22-23H,10-13H2,1-2H3/t18-,19+/m1/s1. The molecule has 4 rings (SSSR count). The van der Waals surface area contributed by atoms with E-state index >= 15 is 0 Å². The summed E-state index contributed by atoms with van der Waals surface area (Å²) < 4.78 is 0. The first-order valence-corrected chi connectivity index (χ1v) is 8.95. The van der Waals surface area contributed by atoms with Crippen LogP contribution in [-0.2, 0) is 0 Å². The van der Waals surface area contributed by atoms with Crippen molar-refractivity contribution in [2.24, 2.45) is 0 Å². The Hall–Kier alpha value is -1.80. The van der Waals surface area contributed by atoms with Gasteiger partial charge < -0.3 is 10.6 Å². The molecular weight excluding hydrogens is 280 g/mol. The Bertz CT molecular complexity index is 705. The minimum Gasteiger partial charge on any atom is -0.381 e. The molecule has 0 radical (unpaired) electrons. The van der Waals surface area contributed by atoms with Crippen LogP contribution >= 0.6 is 0 Å². The third-order valence-corrected chi connectivity index (χ3v) is 5.44. The molecule has 0 aromatic heterocycles. The van der Waals surface area contributed by atoms with E-state index in [9.17, 15) is 0 Å². The lowest BCUT2D eigenvalue weighted by molar-refractivity contribution is 0.579. The molecule has 2 aromatic carbocycles. The van der Waals surface area contributed by atoms with Gasteiger partial charge in [0.15, 0.2) is 0 Å². The van der Waals surface area contributed by atoms with E-state index in [4.69, 9.17) is 0 Å². The lowest BCUT2D eigenvalue weighted by atomic mass is 9.83. The van der Waals surface area contributed by atoms with Crippen molar-refractivity contribution in [1.29, 1.82) is 0 Å². The highest BCUT2D eigenvalue weighted by atomic mass is 15.0. The number of hydrogen-bond acceptors (Lipinski definition) is 2. The second-order valence-electron chi connectivity index (χ2n) is 7.19. The van der Waals surface area contributed by atoms with E-state index in [0.29, 0.717) is 17.9 Å². The maximum Gasteiger partial charge on any atom is 0.0384 e. The summed E-state index contributed by atoms with van der Waals surface area (Å²) in [5.74, 6) is 1.18. The molecule has 0 amide bonds. The highest BCUT2D eigenvalue weighted by Gasteiger charge is 2.34. The molecule has 1 saturated heterocycles. The number of fused-ring (bicyclic) bond motifs is 3. The van der Waals surface area contributed by atoms with Gasteiger partial charge in [-0.15, -0.1) is 0 Å². The van der Waals surface area contributed by atoms with Crippen LogP contribution < -0.4 is 10.6 Å². The smallest absolute Gasteiger partial charge is 0.0384 e. The van der Waals surface area contributed by atoms with Crippen molar-refractivity contribution in [3.8, 4) is 11.1 Å². The van der Waals surface area contributed by atoms with E-state index in [1.54, 1.807) is 5.56 Å². The molecule has 2 nitrogen and oxygen atoms in total. The molecule has 0 bridgehead atoms. The highest BCUT2D eigenvalue weighted by Crippen LogP contribution is 2.46. The highest BCUT2D eigenvalue weighted by molar-refractivity contribution is 5.79. The molecule has 2 N–H and O–H groups in total. The van der Waals surface area contributed by atoms with Crippen molar-refractivity contribution in [3.63, 3.8) is 0 Å². The third kappa shape index (κ3) is 2.55. The maximum absolute atomic E-state index is 3.80. The number of hydrogen-bond donors (Lipinski definition) is 2. The van der Waals surface area contributed by atoms with E-state index in [1.165, 1.54) is 35.2 Å². The molecular formula is C21H26N2. The van der Waals surface area contributed by atoms with Gasteiger partial charge in [0.25, 0.3) is 0 Å². The van der Waals surface area contributed by atoms with E-state index in [-0.39, 0.29) is 0 Å². The van der Waals surface area contributed by atoms with Crippen LogP contribution in [0.3, 0.4) is 0 Å². The van der Waals surface area contributed by atoms with Gasteiger partial charge >= 0.3 is 0 Å². The number of anilines is 1. The molecule has 2 aliphatic rings. The van der Waals surface area contributed by atoms with Gasteiger partial charge in [0, 0.05) is 17.6 Å². The van der Waals surface area contributed by atoms with Gasteiger partial charge in [-0.05, 0) is 60.2 Å². The van der Waals surface area contributed by atoms with Gasteiger partial charge in [-0.1, -0.05) is 50.2 Å². The molecule has 2 aromatic rings. The van der Waals surface area contributed by atoms with Crippen molar-refractivity contribution in [1.82, 2.24) is 5.32 Å². The number of rotatable bonds is 2. The van der Waals surface area contributed by atoms with Gasteiger partial charge in [-0.25, -0.2) is 0 Å². The topological polar surface area (TPSA) is 24.1 Å². The van der Waals surface area contributed by atoms with Crippen LogP contribution in [0.2, 0.25) is 0 Å². The van der Waals surface area contributed by atoms with Gasteiger partial charge in [0.2, 0.25) is 0 Å². The lowest BCUT2D eigenvalue weighted by Crippen LogP contribution is -2.21. The Morgan fingerprint density at radius 3 is 2.57 bits per heavy atom. The Balaban J connectivity index is 1.85. The molecule has 0 aliphatic carbocycles. The summed E-state index contributed by atoms with van der Waals surface area (Å²) in [7, 11) is 0. The zero-order chi connectivity index (χ0) is 15.8. The lowest BCUT2D eigenvalue weighted by Gasteiger charge is -2.20. The average molecular weight is 306 g/mol. The molecule has 1 fully saturated rings. The molecule has 0 spiro atoms. The first-order valence-electron chi connectivity index (χ1n) is 8.95. The van der Waals surface area contributed by atoms with Crippen LogP contribution in [0.1, 0.15) is 49.7 Å². The van der Waals surface area contributed by atoms with Gasteiger partial charge in [-0.2, -0.15) is 0 Å². The predicted molar refractivity (Wildman–Crippen MR) is 98.2 cm³/mol. The second-order valence-corrected chi connectivity index (χ2v) is 7.19.